The molecule has 0 aliphatic carbocycles. The summed E-state index contributed by atoms with van der Waals surface area (Å²) < 4.78 is 14.7. The van der Waals surface area contributed by atoms with Crippen molar-refractivity contribution in [2.45, 2.75) is 32.9 Å². The fourth-order valence-electron chi connectivity index (χ4n) is 2.62. The molecule has 3 rings (SSSR count). The van der Waals surface area contributed by atoms with E-state index in [2.05, 4.69) is 20.9 Å². The van der Waals surface area contributed by atoms with E-state index in [0.29, 0.717) is 16.8 Å². The predicted octanol–water partition coefficient (Wildman–Crippen LogP) is 2.74. The molecule has 7 nitrogen and oxygen atoms in total. The maximum atomic E-state index is 12.9. The topological polar surface area (TPSA) is 88.9 Å². The average Bonchev–Trinajstić information content (AvgIpc) is 3.06. The fraction of sp³-hybridized carbons (Fsp3) is 0.263. The second kappa shape index (κ2) is 7.94. The molecule has 1 heterocycles. The van der Waals surface area contributed by atoms with E-state index in [1.807, 2.05) is 6.92 Å². The lowest BCUT2D eigenvalue weighted by molar-refractivity contribution is -0.117. The van der Waals surface area contributed by atoms with E-state index in [0.717, 1.165) is 18.5 Å². The zero-order valence-electron chi connectivity index (χ0n) is 15.1. The molecule has 1 aromatic heterocycles. The minimum Gasteiger partial charge on any atom is -0.341 e. The molecule has 3 aromatic rings. The van der Waals surface area contributed by atoms with Gasteiger partial charge < -0.3 is 10.6 Å². The molecule has 0 bridgehead atoms. The Labute approximate surface area is 155 Å². The number of amides is 2. The Morgan fingerprint density at radius 3 is 2.63 bits per heavy atom. The van der Waals surface area contributed by atoms with Crippen LogP contribution in [0.5, 0.6) is 0 Å². The Morgan fingerprint density at radius 2 is 1.93 bits per heavy atom. The summed E-state index contributed by atoms with van der Waals surface area (Å²) in [7, 11) is 0. The number of carbonyl (C=O) groups is 2. The summed E-state index contributed by atoms with van der Waals surface area (Å²) in [6.07, 6.45) is 0.932. The zero-order chi connectivity index (χ0) is 19.4. The smallest absolute Gasteiger partial charge is 0.251 e. The van der Waals surface area contributed by atoms with Crippen LogP contribution >= 0.6 is 0 Å². The van der Waals surface area contributed by atoms with Gasteiger partial charge in [-0.15, -0.1) is 5.10 Å². The van der Waals surface area contributed by atoms with Crippen LogP contribution in [0.3, 0.4) is 0 Å². The number of halogens is 1. The van der Waals surface area contributed by atoms with Gasteiger partial charge in [0, 0.05) is 17.8 Å². The number of anilines is 1. The Balaban J connectivity index is 1.66. The summed E-state index contributed by atoms with van der Waals surface area (Å²) in [4.78, 5) is 24.6. The van der Waals surface area contributed by atoms with Gasteiger partial charge >= 0.3 is 0 Å². The molecular weight excluding hydrogens is 349 g/mol. The van der Waals surface area contributed by atoms with Crippen LogP contribution < -0.4 is 10.6 Å². The predicted molar refractivity (Wildman–Crippen MR) is 99.8 cm³/mol. The minimum atomic E-state index is -0.769. The molecule has 1 unspecified atom stereocenters. The molecule has 140 valence electrons. The second-order valence-corrected chi connectivity index (χ2v) is 6.21. The summed E-state index contributed by atoms with van der Waals surface area (Å²) in [5, 5.41) is 13.4. The third-order valence-corrected chi connectivity index (χ3v) is 4.06. The highest BCUT2D eigenvalue weighted by molar-refractivity contribution is 6.02. The molecule has 0 radical (unpaired) electrons. The number of nitrogens with one attached hydrogen (secondary N) is 2. The van der Waals surface area contributed by atoms with Crippen LogP contribution in [0.1, 0.15) is 30.6 Å². The van der Waals surface area contributed by atoms with Crippen molar-refractivity contribution in [2.75, 3.05) is 5.32 Å². The number of rotatable bonds is 6. The van der Waals surface area contributed by atoms with E-state index in [1.54, 1.807) is 29.8 Å². The Bertz CT molecular complexity index is 968. The monoisotopic (exact) mass is 369 g/mol. The van der Waals surface area contributed by atoms with E-state index in [4.69, 9.17) is 0 Å². The lowest BCUT2D eigenvalue weighted by Gasteiger charge is -2.14. The third kappa shape index (κ3) is 4.28. The van der Waals surface area contributed by atoms with Gasteiger partial charge in [-0.3, -0.25) is 9.59 Å². The van der Waals surface area contributed by atoms with Crippen LogP contribution in [-0.4, -0.2) is 32.9 Å². The van der Waals surface area contributed by atoms with Crippen molar-refractivity contribution in [3.05, 3.63) is 53.8 Å². The van der Waals surface area contributed by atoms with Crippen molar-refractivity contribution >= 4 is 28.5 Å². The molecule has 0 fully saturated rings. The SMILES string of the molecule is CCCn1nnc2cc(C(=O)NC(C)C(=O)Nc3ccc(F)cc3)ccc21. The molecule has 0 spiro atoms. The lowest BCUT2D eigenvalue weighted by atomic mass is 10.1. The maximum Gasteiger partial charge on any atom is 0.251 e. The fourth-order valence-corrected chi connectivity index (χ4v) is 2.62. The largest absolute Gasteiger partial charge is 0.341 e. The number of aryl methyl sites for hydroxylation is 1. The molecule has 2 aromatic carbocycles. The molecular formula is C19H20FN5O2. The van der Waals surface area contributed by atoms with Gasteiger partial charge in [-0.2, -0.15) is 0 Å². The van der Waals surface area contributed by atoms with E-state index >= 15 is 0 Å². The summed E-state index contributed by atoms with van der Waals surface area (Å²) in [5.41, 5.74) is 2.33. The van der Waals surface area contributed by atoms with Gasteiger partial charge in [0.25, 0.3) is 5.91 Å². The summed E-state index contributed by atoms with van der Waals surface area (Å²) in [6.45, 7) is 4.38. The van der Waals surface area contributed by atoms with Crippen molar-refractivity contribution in [2.24, 2.45) is 0 Å². The van der Waals surface area contributed by atoms with E-state index in [1.165, 1.54) is 24.3 Å². The van der Waals surface area contributed by atoms with Crippen LogP contribution in [0.15, 0.2) is 42.5 Å². The third-order valence-electron chi connectivity index (χ3n) is 4.06. The number of fused-ring (bicyclic) bond motifs is 1. The molecule has 8 heteroatoms. The first-order valence-electron chi connectivity index (χ1n) is 8.68. The van der Waals surface area contributed by atoms with E-state index < -0.39 is 11.9 Å². The summed E-state index contributed by atoms with van der Waals surface area (Å²) >= 11 is 0. The van der Waals surface area contributed by atoms with Crippen LogP contribution in [-0.2, 0) is 11.3 Å². The van der Waals surface area contributed by atoms with Gasteiger partial charge in [0.2, 0.25) is 5.91 Å². The van der Waals surface area contributed by atoms with Crippen molar-refractivity contribution in [3.63, 3.8) is 0 Å². The molecule has 0 aliphatic rings. The number of hydrogen-bond donors (Lipinski definition) is 2. The first-order valence-corrected chi connectivity index (χ1v) is 8.68. The van der Waals surface area contributed by atoms with Crippen molar-refractivity contribution in [3.8, 4) is 0 Å². The first-order chi connectivity index (χ1) is 13.0. The number of carbonyl (C=O) groups excluding carboxylic acids is 2. The molecule has 27 heavy (non-hydrogen) atoms. The molecule has 1 atom stereocenters. The summed E-state index contributed by atoms with van der Waals surface area (Å²) in [5.74, 6) is -1.17. The minimum absolute atomic E-state index is 0.385. The van der Waals surface area contributed by atoms with Crippen molar-refractivity contribution < 1.29 is 14.0 Å². The summed E-state index contributed by atoms with van der Waals surface area (Å²) in [6, 6.07) is 9.76. The van der Waals surface area contributed by atoms with Gasteiger partial charge in [0.1, 0.15) is 17.4 Å². The van der Waals surface area contributed by atoms with Crippen LogP contribution in [0.25, 0.3) is 11.0 Å². The standard InChI is InChI=1S/C19H20FN5O2/c1-3-10-25-17-9-4-13(11-16(17)23-24-25)19(27)21-12(2)18(26)22-15-7-5-14(20)6-8-15/h4-9,11-12H,3,10H2,1-2H3,(H,21,27)(H,22,26). The van der Waals surface area contributed by atoms with E-state index in [9.17, 15) is 14.0 Å². The van der Waals surface area contributed by atoms with Gasteiger partial charge in [0.05, 0.1) is 5.52 Å². The maximum absolute atomic E-state index is 12.9. The highest BCUT2D eigenvalue weighted by Gasteiger charge is 2.18. The number of benzene rings is 2. The highest BCUT2D eigenvalue weighted by Crippen LogP contribution is 2.14. The highest BCUT2D eigenvalue weighted by atomic mass is 19.1. The average molecular weight is 369 g/mol. The number of hydrogen-bond acceptors (Lipinski definition) is 4. The van der Waals surface area contributed by atoms with Crippen LogP contribution in [0.4, 0.5) is 10.1 Å². The number of aromatic nitrogens is 3. The Hall–Kier alpha value is -3.29. The first kappa shape index (κ1) is 18.5. The van der Waals surface area contributed by atoms with Gasteiger partial charge in [-0.05, 0) is 55.8 Å². The molecule has 0 saturated carbocycles. The van der Waals surface area contributed by atoms with Crippen LogP contribution in [0.2, 0.25) is 0 Å². The molecule has 0 aliphatic heterocycles. The van der Waals surface area contributed by atoms with Crippen LogP contribution in [0, 0.1) is 5.82 Å². The van der Waals surface area contributed by atoms with Crippen molar-refractivity contribution in [1.29, 1.82) is 0 Å². The molecule has 2 N–H and O–H groups in total. The quantitative estimate of drug-likeness (QED) is 0.699. The number of nitrogens with zero attached hydrogens (tertiary/aromatic N) is 3. The Morgan fingerprint density at radius 1 is 1.19 bits per heavy atom. The van der Waals surface area contributed by atoms with Gasteiger partial charge in [-0.1, -0.05) is 12.1 Å². The van der Waals surface area contributed by atoms with E-state index in [-0.39, 0.29) is 11.7 Å². The second-order valence-electron chi connectivity index (χ2n) is 6.21. The normalized spacial score (nSPS) is 12.0. The Kier molecular flexibility index (Phi) is 5.44. The lowest BCUT2D eigenvalue weighted by Crippen LogP contribution is -2.41. The van der Waals surface area contributed by atoms with Gasteiger partial charge in [0.15, 0.2) is 0 Å². The zero-order valence-corrected chi connectivity index (χ0v) is 15.1. The van der Waals surface area contributed by atoms with Crippen molar-refractivity contribution in [1.82, 2.24) is 20.3 Å². The molecule has 0 saturated heterocycles. The van der Waals surface area contributed by atoms with Gasteiger partial charge in [-0.25, -0.2) is 9.07 Å². The molecule has 2 amide bonds.